The van der Waals surface area contributed by atoms with Gasteiger partial charge in [-0.15, -0.1) is 0 Å². The highest BCUT2D eigenvalue weighted by atomic mass is 127. The molecule has 2 rings (SSSR count). The minimum absolute atomic E-state index is 0.191. The number of rotatable bonds is 4. The molecule has 0 saturated carbocycles. The second-order valence-electron chi connectivity index (χ2n) is 4.34. The van der Waals surface area contributed by atoms with E-state index >= 15 is 0 Å². The van der Waals surface area contributed by atoms with Gasteiger partial charge in [0.1, 0.15) is 0 Å². The number of hydrogen-bond donors (Lipinski definition) is 2. The molecular weight excluding hydrogens is 441 g/mol. The fourth-order valence-electron chi connectivity index (χ4n) is 1.94. The number of nitrogens with one attached hydrogen (secondary N) is 1. The van der Waals surface area contributed by atoms with Crippen LogP contribution in [-0.4, -0.2) is 0 Å². The van der Waals surface area contributed by atoms with E-state index in [0.717, 1.165) is 19.7 Å². The molecule has 1 atom stereocenters. The number of halogens is 4. The standard InChI is InChI=1S/C14H12BrF2IN2/c15-11-3-2-9(18)7-10(11)14(20-19)6-8-1-4-12(16)13(17)5-8/h1-5,7,14,20H,6,19H2. The lowest BCUT2D eigenvalue weighted by atomic mass is 9.99. The highest BCUT2D eigenvalue weighted by molar-refractivity contribution is 14.1. The molecule has 1 unspecified atom stereocenters. The van der Waals surface area contributed by atoms with Crippen LogP contribution in [-0.2, 0) is 6.42 Å². The number of benzene rings is 2. The van der Waals surface area contributed by atoms with Gasteiger partial charge in [0.2, 0.25) is 0 Å². The third kappa shape index (κ3) is 3.75. The topological polar surface area (TPSA) is 38.0 Å². The molecule has 0 aliphatic heterocycles. The Labute approximate surface area is 138 Å². The van der Waals surface area contributed by atoms with Crippen LogP contribution in [0, 0.1) is 15.2 Å². The fourth-order valence-corrected chi connectivity index (χ4v) is 2.98. The van der Waals surface area contributed by atoms with Crippen LogP contribution < -0.4 is 11.3 Å². The maximum Gasteiger partial charge on any atom is 0.159 e. The summed E-state index contributed by atoms with van der Waals surface area (Å²) in [7, 11) is 0. The van der Waals surface area contributed by atoms with E-state index in [4.69, 9.17) is 5.84 Å². The zero-order chi connectivity index (χ0) is 14.7. The maximum absolute atomic E-state index is 13.2. The second kappa shape index (κ2) is 6.93. The van der Waals surface area contributed by atoms with Crippen LogP contribution in [0.2, 0.25) is 0 Å². The van der Waals surface area contributed by atoms with Crippen LogP contribution >= 0.6 is 38.5 Å². The van der Waals surface area contributed by atoms with Crippen molar-refractivity contribution in [2.75, 3.05) is 0 Å². The summed E-state index contributed by atoms with van der Waals surface area (Å²) in [6.45, 7) is 0. The highest BCUT2D eigenvalue weighted by Crippen LogP contribution is 2.27. The molecule has 2 aromatic carbocycles. The van der Waals surface area contributed by atoms with Crippen LogP contribution in [0.4, 0.5) is 8.78 Å². The molecule has 2 nitrogen and oxygen atoms in total. The van der Waals surface area contributed by atoms with Gasteiger partial charge in [-0.25, -0.2) is 8.78 Å². The minimum atomic E-state index is -0.847. The molecule has 0 amide bonds. The molecule has 0 aromatic heterocycles. The SMILES string of the molecule is NNC(Cc1ccc(F)c(F)c1)c1cc(I)ccc1Br. The molecule has 0 spiro atoms. The van der Waals surface area contributed by atoms with Crippen molar-refractivity contribution in [1.29, 1.82) is 0 Å². The van der Waals surface area contributed by atoms with E-state index in [1.54, 1.807) is 6.07 Å². The average Bonchev–Trinajstić information content (AvgIpc) is 2.43. The molecule has 20 heavy (non-hydrogen) atoms. The third-order valence-corrected chi connectivity index (χ3v) is 4.35. The zero-order valence-electron chi connectivity index (χ0n) is 10.3. The molecule has 2 aromatic rings. The number of hydrazine groups is 1. The van der Waals surface area contributed by atoms with Crippen molar-refractivity contribution < 1.29 is 8.78 Å². The lowest BCUT2D eigenvalue weighted by Gasteiger charge is -2.18. The normalized spacial score (nSPS) is 12.4. The van der Waals surface area contributed by atoms with E-state index in [9.17, 15) is 8.78 Å². The smallest absolute Gasteiger partial charge is 0.159 e. The first-order valence-corrected chi connectivity index (χ1v) is 7.73. The highest BCUT2D eigenvalue weighted by Gasteiger charge is 2.15. The summed E-state index contributed by atoms with van der Waals surface area (Å²) in [5.74, 6) is 3.91. The van der Waals surface area contributed by atoms with Crippen molar-refractivity contribution in [1.82, 2.24) is 5.43 Å². The van der Waals surface area contributed by atoms with Crippen LogP contribution in [0.15, 0.2) is 40.9 Å². The Morgan fingerprint density at radius 1 is 1.15 bits per heavy atom. The van der Waals surface area contributed by atoms with Crippen molar-refractivity contribution in [3.05, 3.63) is 67.2 Å². The monoisotopic (exact) mass is 452 g/mol. The van der Waals surface area contributed by atoms with Crippen molar-refractivity contribution in [3.63, 3.8) is 0 Å². The molecule has 0 bridgehead atoms. The van der Waals surface area contributed by atoms with Gasteiger partial charge in [0, 0.05) is 8.04 Å². The molecule has 0 radical (unpaired) electrons. The van der Waals surface area contributed by atoms with Crippen molar-refractivity contribution >= 4 is 38.5 Å². The predicted octanol–water partition coefficient (Wildman–Crippen LogP) is 4.08. The molecule has 106 valence electrons. The Hall–Kier alpha value is -0.570. The summed E-state index contributed by atoms with van der Waals surface area (Å²) in [5, 5.41) is 0. The summed E-state index contributed by atoms with van der Waals surface area (Å²) in [5.41, 5.74) is 4.37. The Morgan fingerprint density at radius 3 is 2.55 bits per heavy atom. The third-order valence-electron chi connectivity index (χ3n) is 2.96. The van der Waals surface area contributed by atoms with E-state index in [1.165, 1.54) is 6.07 Å². The van der Waals surface area contributed by atoms with Crippen molar-refractivity contribution in [2.45, 2.75) is 12.5 Å². The fraction of sp³-hybridized carbons (Fsp3) is 0.143. The van der Waals surface area contributed by atoms with Gasteiger partial charge in [-0.05, 0) is 70.5 Å². The largest absolute Gasteiger partial charge is 0.271 e. The van der Waals surface area contributed by atoms with Crippen LogP contribution in [0.1, 0.15) is 17.2 Å². The first-order valence-electron chi connectivity index (χ1n) is 5.86. The summed E-state index contributed by atoms with van der Waals surface area (Å²) >= 11 is 5.69. The van der Waals surface area contributed by atoms with Gasteiger partial charge in [0.05, 0.1) is 6.04 Å². The van der Waals surface area contributed by atoms with Gasteiger partial charge in [-0.1, -0.05) is 22.0 Å². The van der Waals surface area contributed by atoms with Gasteiger partial charge in [-0.3, -0.25) is 11.3 Å². The zero-order valence-corrected chi connectivity index (χ0v) is 14.1. The Morgan fingerprint density at radius 2 is 1.90 bits per heavy atom. The average molecular weight is 453 g/mol. The summed E-state index contributed by atoms with van der Waals surface area (Å²) in [4.78, 5) is 0. The quantitative estimate of drug-likeness (QED) is 0.416. The Balaban J connectivity index is 2.28. The molecule has 0 fully saturated rings. The molecule has 0 heterocycles. The summed E-state index contributed by atoms with van der Waals surface area (Å²) in [6.07, 6.45) is 0.465. The van der Waals surface area contributed by atoms with E-state index in [2.05, 4.69) is 43.9 Å². The first-order chi connectivity index (χ1) is 9.51. The molecular formula is C14H12BrF2IN2. The second-order valence-corrected chi connectivity index (χ2v) is 6.44. The van der Waals surface area contributed by atoms with E-state index < -0.39 is 11.6 Å². The molecule has 6 heteroatoms. The lowest BCUT2D eigenvalue weighted by Crippen LogP contribution is -2.30. The molecule has 0 aliphatic rings. The lowest BCUT2D eigenvalue weighted by molar-refractivity contribution is 0.502. The Kier molecular flexibility index (Phi) is 5.48. The first kappa shape index (κ1) is 15.8. The van der Waals surface area contributed by atoms with Gasteiger partial charge < -0.3 is 0 Å². The summed E-state index contributed by atoms with van der Waals surface area (Å²) < 4.78 is 28.2. The van der Waals surface area contributed by atoms with Crippen LogP contribution in [0.25, 0.3) is 0 Å². The van der Waals surface area contributed by atoms with Crippen molar-refractivity contribution in [3.8, 4) is 0 Å². The maximum atomic E-state index is 13.2. The minimum Gasteiger partial charge on any atom is -0.271 e. The predicted molar refractivity (Wildman–Crippen MR) is 87.0 cm³/mol. The van der Waals surface area contributed by atoms with Gasteiger partial charge >= 0.3 is 0 Å². The van der Waals surface area contributed by atoms with E-state index in [-0.39, 0.29) is 6.04 Å². The van der Waals surface area contributed by atoms with Crippen molar-refractivity contribution in [2.24, 2.45) is 5.84 Å². The van der Waals surface area contributed by atoms with Crippen LogP contribution in [0.3, 0.4) is 0 Å². The summed E-state index contributed by atoms with van der Waals surface area (Å²) in [6, 6.07) is 9.60. The molecule has 0 saturated heterocycles. The molecule has 3 N–H and O–H groups in total. The number of nitrogens with two attached hydrogens (primary N) is 1. The molecule has 0 aliphatic carbocycles. The van der Waals surface area contributed by atoms with Gasteiger partial charge in [-0.2, -0.15) is 0 Å². The van der Waals surface area contributed by atoms with E-state index in [1.807, 2.05) is 18.2 Å². The van der Waals surface area contributed by atoms with E-state index in [0.29, 0.717) is 12.0 Å². The Bertz CT molecular complexity index is 622. The van der Waals surface area contributed by atoms with Gasteiger partial charge in [0.15, 0.2) is 11.6 Å². The number of hydrogen-bond acceptors (Lipinski definition) is 2. The van der Waals surface area contributed by atoms with Gasteiger partial charge in [0.25, 0.3) is 0 Å². The van der Waals surface area contributed by atoms with Crippen LogP contribution in [0.5, 0.6) is 0 Å².